The van der Waals surface area contributed by atoms with Gasteiger partial charge >= 0.3 is 6.18 Å². The molecule has 0 saturated carbocycles. The van der Waals surface area contributed by atoms with Gasteiger partial charge in [0.2, 0.25) is 0 Å². The minimum absolute atomic E-state index is 0.0488. The van der Waals surface area contributed by atoms with Crippen molar-refractivity contribution in [2.75, 3.05) is 0 Å². The number of rotatable bonds is 3. The quantitative estimate of drug-likeness (QED) is 0.662. The van der Waals surface area contributed by atoms with Crippen molar-refractivity contribution in [3.8, 4) is 0 Å². The van der Waals surface area contributed by atoms with Gasteiger partial charge in [0.25, 0.3) is 0 Å². The molecule has 16 heavy (non-hydrogen) atoms. The maximum absolute atomic E-state index is 13.5. The van der Waals surface area contributed by atoms with Crippen molar-refractivity contribution >= 4 is 0 Å². The monoisotopic (exact) mass is 234 g/mol. The van der Waals surface area contributed by atoms with Crippen LogP contribution in [0.5, 0.6) is 0 Å². The van der Waals surface area contributed by atoms with E-state index in [9.17, 15) is 17.6 Å². The van der Waals surface area contributed by atoms with Gasteiger partial charge in [0, 0.05) is 0 Å². The number of halogens is 4. The van der Waals surface area contributed by atoms with E-state index in [1.807, 2.05) is 13.8 Å². The lowest BCUT2D eigenvalue weighted by Gasteiger charge is -2.13. The molecule has 1 rings (SSSR count). The average Bonchev–Trinajstić information content (AvgIpc) is 2.16. The molecule has 90 valence electrons. The van der Waals surface area contributed by atoms with Crippen molar-refractivity contribution in [1.29, 1.82) is 0 Å². The second kappa shape index (κ2) is 4.85. The van der Waals surface area contributed by atoms with Crippen LogP contribution in [0, 0.1) is 5.82 Å². The first kappa shape index (κ1) is 13.0. The fourth-order valence-electron chi connectivity index (χ4n) is 1.69. The third kappa shape index (κ3) is 2.97. The molecule has 0 fully saturated rings. The van der Waals surface area contributed by atoms with Crippen LogP contribution < -0.4 is 0 Å². The van der Waals surface area contributed by atoms with E-state index >= 15 is 0 Å². The molecule has 0 saturated heterocycles. The summed E-state index contributed by atoms with van der Waals surface area (Å²) in [4.78, 5) is 0. The van der Waals surface area contributed by atoms with Crippen LogP contribution in [0.25, 0.3) is 0 Å². The van der Waals surface area contributed by atoms with Gasteiger partial charge in [0.1, 0.15) is 5.82 Å². The molecule has 1 unspecified atom stereocenters. The van der Waals surface area contributed by atoms with Gasteiger partial charge in [-0.05, 0) is 30.0 Å². The fourth-order valence-corrected chi connectivity index (χ4v) is 1.69. The van der Waals surface area contributed by atoms with E-state index in [0.29, 0.717) is 11.6 Å². The minimum Gasteiger partial charge on any atom is -0.207 e. The van der Waals surface area contributed by atoms with Gasteiger partial charge in [0.15, 0.2) is 0 Å². The second-order valence-corrected chi connectivity index (χ2v) is 3.92. The number of alkyl halides is 3. The Kier molecular flexibility index (Phi) is 3.94. The summed E-state index contributed by atoms with van der Waals surface area (Å²) in [6.07, 6.45) is -2.84. The van der Waals surface area contributed by atoms with Crippen LogP contribution in [0.2, 0.25) is 0 Å². The largest absolute Gasteiger partial charge is 0.416 e. The van der Waals surface area contributed by atoms with Gasteiger partial charge in [0.05, 0.1) is 5.56 Å². The minimum atomic E-state index is -4.48. The molecule has 0 spiro atoms. The number of hydrogen-bond acceptors (Lipinski definition) is 0. The van der Waals surface area contributed by atoms with E-state index in [2.05, 4.69) is 0 Å². The maximum atomic E-state index is 13.5. The van der Waals surface area contributed by atoms with E-state index in [1.165, 1.54) is 6.07 Å². The van der Waals surface area contributed by atoms with Crippen LogP contribution in [0.3, 0.4) is 0 Å². The summed E-state index contributed by atoms with van der Waals surface area (Å²) in [5.41, 5.74) is -0.577. The molecule has 0 N–H and O–H groups in total. The molecular formula is C12H14F4. The molecule has 0 aliphatic carbocycles. The standard InChI is InChI=1S/C12H14F4/c1-3-4-8(2)10-6-5-9(7-11(10)13)12(14,15)16/h5-8H,3-4H2,1-2H3. The number of benzene rings is 1. The molecular weight excluding hydrogens is 220 g/mol. The molecule has 1 atom stereocenters. The number of hydrogen-bond donors (Lipinski definition) is 0. The highest BCUT2D eigenvalue weighted by atomic mass is 19.4. The van der Waals surface area contributed by atoms with Crippen molar-refractivity contribution in [1.82, 2.24) is 0 Å². The van der Waals surface area contributed by atoms with Crippen LogP contribution in [-0.4, -0.2) is 0 Å². The van der Waals surface area contributed by atoms with Crippen LogP contribution >= 0.6 is 0 Å². The zero-order valence-corrected chi connectivity index (χ0v) is 9.24. The van der Waals surface area contributed by atoms with E-state index in [0.717, 1.165) is 18.9 Å². The Bertz CT molecular complexity index is 355. The Morgan fingerprint density at radius 1 is 1.25 bits per heavy atom. The lowest BCUT2D eigenvalue weighted by molar-refractivity contribution is -0.137. The maximum Gasteiger partial charge on any atom is 0.416 e. The highest BCUT2D eigenvalue weighted by Gasteiger charge is 2.31. The molecule has 0 aliphatic rings. The lowest BCUT2D eigenvalue weighted by atomic mass is 9.95. The molecule has 0 radical (unpaired) electrons. The zero-order valence-electron chi connectivity index (χ0n) is 9.24. The molecule has 0 aromatic heterocycles. The Balaban J connectivity index is 3.00. The Morgan fingerprint density at radius 3 is 2.31 bits per heavy atom. The van der Waals surface area contributed by atoms with Crippen LogP contribution in [-0.2, 0) is 6.18 Å². The predicted molar refractivity (Wildman–Crippen MR) is 54.7 cm³/mol. The van der Waals surface area contributed by atoms with Gasteiger partial charge in [-0.1, -0.05) is 26.3 Å². The van der Waals surface area contributed by atoms with Gasteiger partial charge in [-0.3, -0.25) is 0 Å². The summed E-state index contributed by atoms with van der Waals surface area (Å²) < 4.78 is 50.3. The Hall–Kier alpha value is -1.06. The molecule has 0 amide bonds. The highest BCUT2D eigenvalue weighted by Crippen LogP contribution is 2.32. The summed E-state index contributed by atoms with van der Waals surface area (Å²) in [6, 6.07) is 2.74. The SMILES string of the molecule is CCCC(C)c1ccc(C(F)(F)F)cc1F. The summed E-state index contributed by atoms with van der Waals surface area (Å²) in [5.74, 6) is -0.817. The second-order valence-electron chi connectivity index (χ2n) is 3.92. The summed E-state index contributed by atoms with van der Waals surface area (Å²) >= 11 is 0. The van der Waals surface area contributed by atoms with E-state index in [1.54, 1.807) is 0 Å². The molecule has 0 aliphatic heterocycles. The third-order valence-corrected chi connectivity index (χ3v) is 2.58. The normalized spacial score (nSPS) is 13.9. The smallest absolute Gasteiger partial charge is 0.207 e. The first-order chi connectivity index (χ1) is 7.36. The molecule has 1 aromatic carbocycles. The van der Waals surface area contributed by atoms with Crippen LogP contribution in [0.4, 0.5) is 17.6 Å². The van der Waals surface area contributed by atoms with E-state index < -0.39 is 17.6 Å². The van der Waals surface area contributed by atoms with Crippen molar-refractivity contribution in [3.63, 3.8) is 0 Å². The van der Waals surface area contributed by atoms with Gasteiger partial charge in [-0.25, -0.2) is 4.39 Å². The van der Waals surface area contributed by atoms with Crippen LogP contribution in [0.1, 0.15) is 43.7 Å². The van der Waals surface area contributed by atoms with Crippen LogP contribution in [0.15, 0.2) is 18.2 Å². The molecule has 0 bridgehead atoms. The Labute approximate surface area is 92.3 Å². The topological polar surface area (TPSA) is 0 Å². The molecule has 0 nitrogen and oxygen atoms in total. The first-order valence-corrected chi connectivity index (χ1v) is 5.23. The van der Waals surface area contributed by atoms with Crippen molar-refractivity contribution in [3.05, 3.63) is 35.1 Å². The third-order valence-electron chi connectivity index (χ3n) is 2.58. The Morgan fingerprint density at radius 2 is 1.88 bits per heavy atom. The van der Waals surface area contributed by atoms with E-state index in [-0.39, 0.29) is 5.92 Å². The molecule has 0 heterocycles. The first-order valence-electron chi connectivity index (χ1n) is 5.23. The summed E-state index contributed by atoms with van der Waals surface area (Å²) in [5, 5.41) is 0. The van der Waals surface area contributed by atoms with Gasteiger partial charge < -0.3 is 0 Å². The zero-order chi connectivity index (χ0) is 12.3. The van der Waals surface area contributed by atoms with E-state index in [4.69, 9.17) is 0 Å². The van der Waals surface area contributed by atoms with Crippen molar-refractivity contribution in [2.24, 2.45) is 0 Å². The lowest BCUT2D eigenvalue weighted by Crippen LogP contribution is -2.07. The predicted octanol–water partition coefficient (Wildman–Crippen LogP) is 4.75. The average molecular weight is 234 g/mol. The highest BCUT2D eigenvalue weighted by molar-refractivity contribution is 5.28. The summed E-state index contributed by atoms with van der Waals surface area (Å²) in [6.45, 7) is 3.77. The molecule has 1 aromatic rings. The van der Waals surface area contributed by atoms with Crippen molar-refractivity contribution in [2.45, 2.75) is 38.8 Å². The fraction of sp³-hybridized carbons (Fsp3) is 0.500. The summed E-state index contributed by atoms with van der Waals surface area (Å²) in [7, 11) is 0. The van der Waals surface area contributed by atoms with Gasteiger partial charge in [-0.2, -0.15) is 13.2 Å². The van der Waals surface area contributed by atoms with Gasteiger partial charge in [-0.15, -0.1) is 0 Å². The van der Waals surface area contributed by atoms with Crippen molar-refractivity contribution < 1.29 is 17.6 Å². The molecule has 4 heteroatoms.